The van der Waals surface area contributed by atoms with Crippen molar-refractivity contribution < 1.29 is 22.7 Å². The fourth-order valence-electron chi connectivity index (χ4n) is 3.47. The van der Waals surface area contributed by atoms with Gasteiger partial charge in [0.1, 0.15) is 18.3 Å². The van der Waals surface area contributed by atoms with Crippen LogP contribution in [0.15, 0.2) is 48.5 Å². The number of halogens is 1. The number of nitrogens with one attached hydrogen (secondary N) is 1. The minimum absolute atomic E-state index is 0.113. The van der Waals surface area contributed by atoms with Crippen LogP contribution in [0.5, 0.6) is 5.75 Å². The van der Waals surface area contributed by atoms with Crippen molar-refractivity contribution in [1.82, 2.24) is 10.2 Å². The summed E-state index contributed by atoms with van der Waals surface area (Å²) in [5.41, 5.74) is 1.05. The van der Waals surface area contributed by atoms with Gasteiger partial charge in [0.2, 0.25) is 21.8 Å². The Hall–Kier alpha value is -2.78. The third-order valence-electron chi connectivity index (χ3n) is 5.10. The molecule has 0 saturated heterocycles. The third-order valence-corrected chi connectivity index (χ3v) is 6.48. The number of benzene rings is 2. The van der Waals surface area contributed by atoms with E-state index in [4.69, 9.17) is 16.3 Å². The van der Waals surface area contributed by atoms with Gasteiger partial charge in [-0.15, -0.1) is 0 Å². The molecule has 2 amide bonds. The highest BCUT2D eigenvalue weighted by Gasteiger charge is 2.32. The average Bonchev–Trinajstić information content (AvgIpc) is 2.76. The molecule has 2 aromatic rings. The van der Waals surface area contributed by atoms with Crippen LogP contribution < -0.4 is 14.4 Å². The molecule has 34 heavy (non-hydrogen) atoms. The van der Waals surface area contributed by atoms with Crippen molar-refractivity contribution in [2.75, 3.05) is 24.2 Å². The minimum Gasteiger partial charge on any atom is -0.497 e. The predicted molar refractivity (Wildman–Crippen MR) is 135 cm³/mol. The number of nitrogens with zero attached hydrogens (tertiary/aromatic N) is 2. The van der Waals surface area contributed by atoms with E-state index in [1.54, 1.807) is 49.6 Å². The lowest BCUT2D eigenvalue weighted by molar-refractivity contribution is -0.140. The van der Waals surface area contributed by atoms with Gasteiger partial charge in [-0.1, -0.05) is 36.7 Å². The lowest BCUT2D eigenvalue weighted by Gasteiger charge is -2.33. The summed E-state index contributed by atoms with van der Waals surface area (Å²) in [5.74, 6) is -0.143. The summed E-state index contributed by atoms with van der Waals surface area (Å²) in [5, 5.41) is 3.20. The molecule has 0 aliphatic rings. The summed E-state index contributed by atoms with van der Waals surface area (Å²) in [6, 6.07) is 12.5. The number of rotatable bonds is 11. The van der Waals surface area contributed by atoms with E-state index in [9.17, 15) is 18.0 Å². The molecule has 0 aliphatic carbocycles. The van der Waals surface area contributed by atoms with E-state index in [2.05, 4.69) is 5.32 Å². The maximum atomic E-state index is 13.6. The Balaban J connectivity index is 2.43. The summed E-state index contributed by atoms with van der Waals surface area (Å²) >= 11 is 6.05. The van der Waals surface area contributed by atoms with Crippen molar-refractivity contribution >= 4 is 39.1 Å². The van der Waals surface area contributed by atoms with Crippen molar-refractivity contribution in [3.63, 3.8) is 0 Å². The molecule has 0 aliphatic heterocycles. The first-order chi connectivity index (χ1) is 16.0. The molecule has 1 N–H and O–H groups in total. The predicted octanol–water partition coefficient (Wildman–Crippen LogP) is 3.45. The summed E-state index contributed by atoms with van der Waals surface area (Å²) in [7, 11) is -2.25. The van der Waals surface area contributed by atoms with E-state index in [1.165, 1.54) is 11.0 Å². The number of methoxy groups -OCH3 is 1. The van der Waals surface area contributed by atoms with Crippen molar-refractivity contribution in [3.8, 4) is 5.75 Å². The number of ether oxygens (including phenoxy) is 1. The molecule has 0 fully saturated rings. The lowest BCUT2D eigenvalue weighted by Crippen LogP contribution is -2.53. The Morgan fingerprint density at radius 1 is 1.12 bits per heavy atom. The fraction of sp³-hybridized carbons (Fsp3) is 0.417. The first-order valence-electron chi connectivity index (χ1n) is 10.9. The number of sulfonamides is 1. The molecular formula is C24H32ClN3O5S. The van der Waals surface area contributed by atoms with E-state index in [0.717, 1.165) is 16.1 Å². The van der Waals surface area contributed by atoms with Crippen molar-refractivity contribution in [2.45, 2.75) is 45.8 Å². The topological polar surface area (TPSA) is 96.0 Å². The van der Waals surface area contributed by atoms with Crippen LogP contribution in [0.4, 0.5) is 5.69 Å². The van der Waals surface area contributed by atoms with Gasteiger partial charge in [0.15, 0.2) is 0 Å². The SMILES string of the molecule is CC[C@H](C(=O)NC(C)C)N(Cc1ccc(OC)cc1)C(=O)CN(c1cccc(Cl)c1)S(C)(=O)=O. The van der Waals surface area contributed by atoms with Crippen molar-refractivity contribution in [2.24, 2.45) is 0 Å². The Kier molecular flexibility index (Phi) is 9.76. The molecule has 2 rings (SSSR count). The second kappa shape index (κ2) is 12.1. The molecule has 0 bridgehead atoms. The maximum absolute atomic E-state index is 13.6. The van der Waals surface area contributed by atoms with Gasteiger partial charge in [-0.05, 0) is 56.2 Å². The minimum atomic E-state index is -3.81. The number of anilines is 1. The first-order valence-corrected chi connectivity index (χ1v) is 13.1. The van der Waals surface area contributed by atoms with Crippen molar-refractivity contribution in [3.05, 3.63) is 59.1 Å². The molecule has 0 heterocycles. The fourth-order valence-corrected chi connectivity index (χ4v) is 4.50. The Morgan fingerprint density at radius 3 is 2.26 bits per heavy atom. The van der Waals surface area contributed by atoms with Crippen LogP contribution in [0.2, 0.25) is 5.02 Å². The number of carbonyl (C=O) groups is 2. The van der Waals surface area contributed by atoms with Crippen LogP contribution in [0.1, 0.15) is 32.8 Å². The zero-order valence-corrected chi connectivity index (χ0v) is 21.7. The van der Waals surface area contributed by atoms with E-state index >= 15 is 0 Å². The molecule has 186 valence electrons. The normalized spacial score (nSPS) is 12.2. The Bertz CT molecular complexity index is 1090. The average molecular weight is 510 g/mol. The standard InChI is InChI=1S/C24H32ClN3O5S/c1-6-22(24(30)26-17(2)3)27(15-18-10-12-21(33-4)13-11-18)23(29)16-28(34(5,31)32)20-9-7-8-19(25)14-20/h7-14,17,22H,6,15-16H2,1-5H3,(H,26,30)/t22-/m1/s1. The molecule has 0 unspecified atom stereocenters. The molecule has 0 radical (unpaired) electrons. The highest BCUT2D eigenvalue weighted by Crippen LogP contribution is 2.23. The molecule has 8 nitrogen and oxygen atoms in total. The van der Waals surface area contributed by atoms with Gasteiger partial charge < -0.3 is 15.0 Å². The van der Waals surface area contributed by atoms with Gasteiger partial charge in [-0.3, -0.25) is 13.9 Å². The number of hydrogen-bond donors (Lipinski definition) is 1. The maximum Gasteiger partial charge on any atom is 0.244 e. The lowest BCUT2D eigenvalue weighted by atomic mass is 10.1. The second-order valence-electron chi connectivity index (χ2n) is 8.21. The zero-order chi connectivity index (χ0) is 25.5. The molecule has 10 heteroatoms. The summed E-state index contributed by atoms with van der Waals surface area (Å²) < 4.78 is 31.3. The molecule has 2 aromatic carbocycles. The summed E-state index contributed by atoms with van der Waals surface area (Å²) in [4.78, 5) is 27.9. The van der Waals surface area contributed by atoms with Crippen LogP contribution in [0.3, 0.4) is 0 Å². The zero-order valence-electron chi connectivity index (χ0n) is 20.1. The molecule has 0 saturated carbocycles. The van der Waals surface area contributed by atoms with Gasteiger partial charge in [0.05, 0.1) is 19.1 Å². The van der Waals surface area contributed by atoms with Crippen molar-refractivity contribution in [1.29, 1.82) is 0 Å². The van der Waals surface area contributed by atoms with E-state index in [-0.39, 0.29) is 24.2 Å². The second-order valence-corrected chi connectivity index (χ2v) is 10.5. The van der Waals surface area contributed by atoms with E-state index in [1.807, 2.05) is 20.8 Å². The molecule has 0 spiro atoms. The highest BCUT2D eigenvalue weighted by atomic mass is 35.5. The first kappa shape index (κ1) is 27.5. The van der Waals surface area contributed by atoms with E-state index in [0.29, 0.717) is 17.2 Å². The third kappa shape index (κ3) is 7.63. The Labute approximate surface area is 206 Å². The number of amides is 2. The van der Waals surface area contributed by atoms with Crippen LogP contribution in [0.25, 0.3) is 0 Å². The van der Waals surface area contributed by atoms with Gasteiger partial charge >= 0.3 is 0 Å². The monoisotopic (exact) mass is 509 g/mol. The summed E-state index contributed by atoms with van der Waals surface area (Å²) in [6.45, 7) is 5.14. The number of carbonyl (C=O) groups excluding carboxylic acids is 2. The molecule has 0 aromatic heterocycles. The van der Waals surface area contributed by atoms with Gasteiger partial charge in [-0.2, -0.15) is 0 Å². The summed E-state index contributed by atoms with van der Waals surface area (Å²) in [6.07, 6.45) is 1.38. The van der Waals surface area contributed by atoms with Gasteiger partial charge in [0.25, 0.3) is 0 Å². The smallest absolute Gasteiger partial charge is 0.244 e. The quantitative estimate of drug-likeness (QED) is 0.500. The van der Waals surface area contributed by atoms with E-state index < -0.39 is 28.5 Å². The van der Waals surface area contributed by atoms with Crippen LogP contribution in [0, 0.1) is 0 Å². The van der Waals surface area contributed by atoms with Gasteiger partial charge in [0, 0.05) is 17.6 Å². The number of hydrogen-bond acceptors (Lipinski definition) is 5. The van der Waals surface area contributed by atoms with Crippen LogP contribution in [-0.4, -0.2) is 57.1 Å². The van der Waals surface area contributed by atoms with Crippen LogP contribution in [-0.2, 0) is 26.2 Å². The molecule has 1 atom stereocenters. The van der Waals surface area contributed by atoms with Crippen LogP contribution >= 0.6 is 11.6 Å². The van der Waals surface area contributed by atoms with Gasteiger partial charge in [-0.25, -0.2) is 8.42 Å². The largest absolute Gasteiger partial charge is 0.497 e. The highest BCUT2D eigenvalue weighted by molar-refractivity contribution is 7.92. The molecular weight excluding hydrogens is 478 g/mol. The Morgan fingerprint density at radius 2 is 1.76 bits per heavy atom.